The molecule has 0 amide bonds. The molecule has 0 heterocycles. The summed E-state index contributed by atoms with van der Waals surface area (Å²) in [4.78, 5) is 2.51. The summed E-state index contributed by atoms with van der Waals surface area (Å²) in [5.74, 6) is 0.887. The molecule has 0 bridgehead atoms. The SMILES string of the molecule is CNC1CCCCCC1N(C)CCOCC1CC1. The molecule has 0 aliphatic heterocycles. The second-order valence-corrected chi connectivity index (χ2v) is 6.10. The highest BCUT2D eigenvalue weighted by atomic mass is 16.5. The van der Waals surface area contributed by atoms with Crippen LogP contribution in [-0.2, 0) is 4.74 Å². The summed E-state index contributed by atoms with van der Waals surface area (Å²) in [7, 11) is 4.38. The highest BCUT2D eigenvalue weighted by molar-refractivity contribution is 4.84. The minimum absolute atomic E-state index is 0.668. The van der Waals surface area contributed by atoms with Crippen LogP contribution in [0.4, 0.5) is 0 Å². The number of nitrogens with zero attached hydrogens (tertiary/aromatic N) is 1. The van der Waals surface area contributed by atoms with Crippen molar-refractivity contribution in [2.45, 2.75) is 57.0 Å². The lowest BCUT2D eigenvalue weighted by Crippen LogP contribution is -2.47. The molecule has 0 aromatic carbocycles. The predicted molar refractivity (Wildman–Crippen MR) is 75.9 cm³/mol. The summed E-state index contributed by atoms with van der Waals surface area (Å²) in [6.45, 7) is 2.98. The first-order chi connectivity index (χ1) is 8.81. The Morgan fingerprint density at radius 2 is 1.89 bits per heavy atom. The van der Waals surface area contributed by atoms with E-state index >= 15 is 0 Å². The Hall–Kier alpha value is -0.120. The molecule has 2 unspecified atom stereocenters. The van der Waals surface area contributed by atoms with Crippen LogP contribution in [0.3, 0.4) is 0 Å². The zero-order chi connectivity index (χ0) is 12.8. The third kappa shape index (κ3) is 4.52. The minimum Gasteiger partial charge on any atom is -0.380 e. The van der Waals surface area contributed by atoms with E-state index in [2.05, 4.69) is 24.3 Å². The van der Waals surface area contributed by atoms with Gasteiger partial charge in [-0.25, -0.2) is 0 Å². The lowest BCUT2D eigenvalue weighted by Gasteiger charge is -2.33. The fourth-order valence-electron chi connectivity index (χ4n) is 3.06. The van der Waals surface area contributed by atoms with E-state index in [1.165, 1.54) is 44.9 Å². The first-order valence-electron chi connectivity index (χ1n) is 7.76. The van der Waals surface area contributed by atoms with Crippen LogP contribution in [0, 0.1) is 5.92 Å². The Morgan fingerprint density at radius 3 is 2.61 bits per heavy atom. The van der Waals surface area contributed by atoms with Crippen molar-refractivity contribution in [3.05, 3.63) is 0 Å². The van der Waals surface area contributed by atoms with Crippen LogP contribution in [0.5, 0.6) is 0 Å². The van der Waals surface area contributed by atoms with Gasteiger partial charge in [0.05, 0.1) is 6.61 Å². The second-order valence-electron chi connectivity index (χ2n) is 6.10. The number of hydrogen-bond donors (Lipinski definition) is 1. The van der Waals surface area contributed by atoms with Crippen molar-refractivity contribution in [1.29, 1.82) is 0 Å². The molecule has 0 radical (unpaired) electrons. The molecular weight excluding hydrogens is 224 g/mol. The fraction of sp³-hybridized carbons (Fsp3) is 1.00. The van der Waals surface area contributed by atoms with Gasteiger partial charge in [-0.15, -0.1) is 0 Å². The van der Waals surface area contributed by atoms with Crippen molar-refractivity contribution in [2.24, 2.45) is 5.92 Å². The van der Waals surface area contributed by atoms with Crippen LogP contribution in [0.15, 0.2) is 0 Å². The summed E-state index contributed by atoms with van der Waals surface area (Å²) >= 11 is 0. The molecule has 0 aromatic rings. The molecule has 2 aliphatic rings. The Morgan fingerprint density at radius 1 is 1.11 bits per heavy atom. The van der Waals surface area contributed by atoms with Gasteiger partial charge in [-0.05, 0) is 45.7 Å². The fourth-order valence-corrected chi connectivity index (χ4v) is 3.06. The van der Waals surface area contributed by atoms with E-state index in [1.807, 2.05) is 0 Å². The van der Waals surface area contributed by atoms with Gasteiger partial charge in [-0.1, -0.05) is 19.3 Å². The zero-order valence-corrected chi connectivity index (χ0v) is 12.2. The predicted octanol–water partition coefficient (Wildman–Crippen LogP) is 2.27. The van der Waals surface area contributed by atoms with E-state index in [9.17, 15) is 0 Å². The topological polar surface area (TPSA) is 24.5 Å². The summed E-state index contributed by atoms with van der Waals surface area (Å²) in [6, 6.07) is 1.36. The Labute approximate surface area is 112 Å². The average molecular weight is 254 g/mol. The van der Waals surface area contributed by atoms with Gasteiger partial charge in [-0.2, -0.15) is 0 Å². The van der Waals surface area contributed by atoms with Crippen molar-refractivity contribution in [3.63, 3.8) is 0 Å². The molecule has 3 nitrogen and oxygen atoms in total. The monoisotopic (exact) mass is 254 g/mol. The van der Waals surface area contributed by atoms with E-state index < -0.39 is 0 Å². The highest BCUT2D eigenvalue weighted by Crippen LogP contribution is 2.28. The van der Waals surface area contributed by atoms with Gasteiger partial charge in [0.2, 0.25) is 0 Å². The molecule has 106 valence electrons. The van der Waals surface area contributed by atoms with Gasteiger partial charge in [0.15, 0.2) is 0 Å². The van der Waals surface area contributed by atoms with Gasteiger partial charge in [0, 0.05) is 25.2 Å². The normalized spacial score (nSPS) is 29.5. The van der Waals surface area contributed by atoms with E-state index in [1.54, 1.807) is 0 Å². The first kappa shape index (κ1) is 14.3. The number of nitrogens with one attached hydrogen (secondary N) is 1. The van der Waals surface area contributed by atoms with Gasteiger partial charge in [0.25, 0.3) is 0 Å². The lowest BCUT2D eigenvalue weighted by molar-refractivity contribution is 0.0825. The molecule has 2 rings (SSSR count). The zero-order valence-electron chi connectivity index (χ0n) is 12.2. The van der Waals surface area contributed by atoms with Crippen LogP contribution in [0.2, 0.25) is 0 Å². The molecule has 2 fully saturated rings. The highest BCUT2D eigenvalue weighted by Gasteiger charge is 2.26. The van der Waals surface area contributed by atoms with Crippen molar-refractivity contribution in [2.75, 3.05) is 33.9 Å². The maximum Gasteiger partial charge on any atom is 0.0593 e. The molecule has 0 spiro atoms. The molecule has 2 saturated carbocycles. The molecule has 0 saturated heterocycles. The molecule has 18 heavy (non-hydrogen) atoms. The molecular formula is C15H30N2O. The third-order valence-corrected chi connectivity index (χ3v) is 4.56. The maximum absolute atomic E-state index is 5.76. The smallest absolute Gasteiger partial charge is 0.0593 e. The number of rotatable bonds is 7. The number of likely N-dealkylation sites (N-methyl/N-ethyl adjacent to an activating group) is 2. The maximum atomic E-state index is 5.76. The molecule has 3 heteroatoms. The summed E-state index contributed by atoms with van der Waals surface area (Å²) in [5.41, 5.74) is 0. The Balaban J connectivity index is 1.68. The number of hydrogen-bond acceptors (Lipinski definition) is 3. The standard InChI is InChI=1S/C15H30N2O/c1-16-14-6-4-3-5-7-15(14)17(2)10-11-18-12-13-8-9-13/h13-16H,3-12H2,1-2H3. The van der Waals surface area contributed by atoms with Crippen molar-refractivity contribution in [1.82, 2.24) is 10.2 Å². The van der Waals surface area contributed by atoms with E-state index in [4.69, 9.17) is 4.74 Å². The largest absolute Gasteiger partial charge is 0.380 e. The van der Waals surface area contributed by atoms with Crippen LogP contribution in [0.25, 0.3) is 0 Å². The summed E-state index contributed by atoms with van der Waals surface area (Å²) in [6.07, 6.45) is 9.62. The van der Waals surface area contributed by atoms with Crippen molar-refractivity contribution in [3.8, 4) is 0 Å². The van der Waals surface area contributed by atoms with Crippen LogP contribution in [0.1, 0.15) is 44.9 Å². The van der Waals surface area contributed by atoms with Crippen LogP contribution >= 0.6 is 0 Å². The Bertz CT molecular complexity index is 231. The van der Waals surface area contributed by atoms with E-state index in [0.29, 0.717) is 12.1 Å². The quantitative estimate of drug-likeness (QED) is 0.557. The summed E-state index contributed by atoms with van der Waals surface area (Å²) < 4.78 is 5.76. The first-order valence-corrected chi connectivity index (χ1v) is 7.76. The van der Waals surface area contributed by atoms with Gasteiger partial charge < -0.3 is 10.1 Å². The molecule has 2 aliphatic carbocycles. The van der Waals surface area contributed by atoms with Crippen molar-refractivity contribution < 1.29 is 4.74 Å². The Kier molecular flexibility index (Phi) is 5.93. The van der Waals surface area contributed by atoms with Crippen LogP contribution < -0.4 is 5.32 Å². The average Bonchev–Trinajstić information content (AvgIpc) is 3.20. The van der Waals surface area contributed by atoms with Gasteiger partial charge >= 0.3 is 0 Å². The molecule has 1 N–H and O–H groups in total. The third-order valence-electron chi connectivity index (χ3n) is 4.56. The minimum atomic E-state index is 0.668. The second kappa shape index (κ2) is 7.46. The van der Waals surface area contributed by atoms with E-state index in [0.717, 1.165) is 25.7 Å². The lowest BCUT2D eigenvalue weighted by atomic mass is 10.0. The molecule has 2 atom stereocenters. The van der Waals surface area contributed by atoms with Crippen molar-refractivity contribution >= 4 is 0 Å². The molecule has 0 aromatic heterocycles. The summed E-state index contributed by atoms with van der Waals surface area (Å²) in [5, 5.41) is 3.51. The van der Waals surface area contributed by atoms with Gasteiger partial charge in [-0.3, -0.25) is 4.90 Å². The van der Waals surface area contributed by atoms with Gasteiger partial charge in [0.1, 0.15) is 0 Å². The van der Waals surface area contributed by atoms with Crippen LogP contribution in [-0.4, -0.2) is 50.8 Å². The van der Waals surface area contributed by atoms with E-state index in [-0.39, 0.29) is 0 Å². The number of ether oxygens (including phenoxy) is 1.